The highest BCUT2D eigenvalue weighted by atomic mass is 32.1. The highest BCUT2D eigenvalue weighted by molar-refractivity contribution is 7.16. The number of benzene rings is 1. The Morgan fingerprint density at radius 3 is 2.84 bits per heavy atom. The molecule has 4 aromatic rings. The minimum atomic E-state index is -0.294. The summed E-state index contributed by atoms with van der Waals surface area (Å²) < 4.78 is 15.2. The highest BCUT2D eigenvalue weighted by Gasteiger charge is 2.37. The second-order valence-electron chi connectivity index (χ2n) is 7.75. The van der Waals surface area contributed by atoms with Crippen molar-refractivity contribution < 1.29 is 9.18 Å². The van der Waals surface area contributed by atoms with Gasteiger partial charge in [0.2, 0.25) is 5.01 Å². The van der Waals surface area contributed by atoms with Gasteiger partial charge in [0.25, 0.3) is 5.91 Å². The normalized spacial score (nSPS) is 18.3. The van der Waals surface area contributed by atoms with Gasteiger partial charge in [-0.1, -0.05) is 11.3 Å². The van der Waals surface area contributed by atoms with Gasteiger partial charge >= 0.3 is 0 Å². The molecule has 0 saturated carbocycles. The topological polar surface area (TPSA) is 63.9 Å². The molecule has 0 radical (unpaired) electrons. The number of thiophene rings is 1. The number of hydrogen-bond acceptors (Lipinski definition) is 6. The third-order valence-corrected chi connectivity index (χ3v) is 7.79. The average Bonchev–Trinajstić information content (AvgIpc) is 3.48. The van der Waals surface area contributed by atoms with Crippen LogP contribution in [0, 0.1) is 12.7 Å². The average molecular weight is 454 g/mol. The Morgan fingerprint density at radius 1 is 1.26 bits per heavy atom. The van der Waals surface area contributed by atoms with Gasteiger partial charge in [0, 0.05) is 36.1 Å². The first kappa shape index (κ1) is 20.0. The molecule has 1 aromatic carbocycles. The van der Waals surface area contributed by atoms with E-state index in [1.165, 1.54) is 33.9 Å². The molecule has 0 bridgehead atoms. The predicted octanol–water partition coefficient (Wildman–Crippen LogP) is 4.80. The fraction of sp³-hybridized carbons (Fsp3) is 0.273. The number of aromatic nitrogens is 4. The van der Waals surface area contributed by atoms with E-state index < -0.39 is 0 Å². The zero-order valence-corrected chi connectivity index (χ0v) is 18.9. The fourth-order valence-corrected chi connectivity index (χ4v) is 6.05. The first-order valence-electron chi connectivity index (χ1n) is 9.89. The van der Waals surface area contributed by atoms with Crippen LogP contribution in [0.4, 0.5) is 4.39 Å². The van der Waals surface area contributed by atoms with Gasteiger partial charge in [-0.2, -0.15) is 5.10 Å². The molecule has 1 aliphatic heterocycles. The molecule has 0 saturated heterocycles. The quantitative estimate of drug-likeness (QED) is 0.447. The van der Waals surface area contributed by atoms with Crippen LogP contribution in [0.1, 0.15) is 50.3 Å². The zero-order valence-electron chi connectivity index (χ0n) is 17.2. The lowest BCUT2D eigenvalue weighted by Gasteiger charge is -2.37. The molecule has 9 heteroatoms. The van der Waals surface area contributed by atoms with E-state index in [0.717, 1.165) is 16.7 Å². The molecule has 0 aliphatic carbocycles. The number of aryl methyl sites for hydroxylation is 2. The van der Waals surface area contributed by atoms with Crippen molar-refractivity contribution in [1.29, 1.82) is 0 Å². The molecule has 158 valence electrons. The zero-order chi connectivity index (χ0) is 21.7. The van der Waals surface area contributed by atoms with E-state index in [9.17, 15) is 9.18 Å². The molecule has 0 fully saturated rings. The van der Waals surface area contributed by atoms with Crippen LogP contribution >= 0.6 is 22.7 Å². The van der Waals surface area contributed by atoms with E-state index in [0.29, 0.717) is 16.6 Å². The van der Waals surface area contributed by atoms with Gasteiger partial charge in [-0.3, -0.25) is 9.48 Å². The summed E-state index contributed by atoms with van der Waals surface area (Å²) in [7, 11) is 1.90. The number of hydrogen-bond donors (Lipinski definition) is 0. The second kappa shape index (κ2) is 7.65. The van der Waals surface area contributed by atoms with Crippen LogP contribution in [0.15, 0.2) is 42.0 Å². The smallest absolute Gasteiger partial charge is 0.285 e. The maximum absolute atomic E-state index is 13.5. The van der Waals surface area contributed by atoms with Crippen molar-refractivity contribution in [1.82, 2.24) is 24.9 Å². The summed E-state index contributed by atoms with van der Waals surface area (Å²) in [5, 5.41) is 15.8. The van der Waals surface area contributed by atoms with Crippen molar-refractivity contribution in [2.24, 2.45) is 7.05 Å². The summed E-state index contributed by atoms with van der Waals surface area (Å²) in [5.41, 5.74) is 3.90. The van der Waals surface area contributed by atoms with Crippen molar-refractivity contribution in [3.05, 3.63) is 74.4 Å². The van der Waals surface area contributed by atoms with Gasteiger partial charge in [0.1, 0.15) is 10.8 Å². The number of carbonyl (C=O) groups excluding carboxylic acids is 1. The first-order chi connectivity index (χ1) is 14.9. The molecule has 4 heterocycles. The lowest BCUT2D eigenvalue weighted by molar-refractivity contribution is 0.0668. The van der Waals surface area contributed by atoms with E-state index >= 15 is 0 Å². The molecular formula is C22H20FN5OS2. The summed E-state index contributed by atoms with van der Waals surface area (Å²) in [6, 6.07) is 6.64. The Kier molecular flexibility index (Phi) is 4.94. The Bertz CT molecular complexity index is 1280. The van der Waals surface area contributed by atoms with Crippen LogP contribution in [0.3, 0.4) is 0 Å². The molecule has 1 aliphatic rings. The van der Waals surface area contributed by atoms with Gasteiger partial charge in [0.15, 0.2) is 0 Å². The highest BCUT2D eigenvalue weighted by Crippen LogP contribution is 2.43. The molecule has 31 heavy (non-hydrogen) atoms. The molecule has 0 N–H and O–H groups in total. The van der Waals surface area contributed by atoms with Crippen LogP contribution in [-0.2, 0) is 7.05 Å². The molecule has 2 atom stereocenters. The standard InChI is InChI=1S/C22H20FN5OS2/c1-12-8-15(23)4-5-16(12)20-25-26-21(31-20)22(29)28-11-18(14-9-24-27(3)10-14)17-6-7-30-19(17)13(28)2/h4-10,13,18H,11H2,1-3H3/t13-,18+/m0/s1. The SMILES string of the molecule is Cc1cc(F)ccc1-c1nnc(C(=O)N2C[C@H](c3cnn(C)c3)c3ccsc3[C@@H]2C)s1. The van der Waals surface area contributed by atoms with Crippen LogP contribution in [0.25, 0.3) is 10.6 Å². The third kappa shape index (κ3) is 3.47. The lowest BCUT2D eigenvalue weighted by atomic mass is 9.88. The monoisotopic (exact) mass is 453 g/mol. The molecule has 1 amide bonds. The Hall–Kier alpha value is -2.91. The lowest BCUT2D eigenvalue weighted by Crippen LogP contribution is -2.40. The molecule has 5 rings (SSSR count). The Morgan fingerprint density at radius 2 is 2.10 bits per heavy atom. The summed E-state index contributed by atoms with van der Waals surface area (Å²) in [6.45, 7) is 4.43. The van der Waals surface area contributed by atoms with Crippen molar-refractivity contribution in [3.8, 4) is 10.6 Å². The van der Waals surface area contributed by atoms with E-state index in [-0.39, 0.29) is 23.7 Å². The second-order valence-corrected chi connectivity index (χ2v) is 9.67. The van der Waals surface area contributed by atoms with Crippen LogP contribution in [-0.4, -0.2) is 37.3 Å². The summed E-state index contributed by atoms with van der Waals surface area (Å²) in [4.78, 5) is 16.5. The van der Waals surface area contributed by atoms with Crippen molar-refractivity contribution in [2.75, 3.05) is 6.54 Å². The Balaban J connectivity index is 1.47. The first-order valence-corrected chi connectivity index (χ1v) is 11.6. The van der Waals surface area contributed by atoms with Crippen molar-refractivity contribution in [2.45, 2.75) is 25.8 Å². The van der Waals surface area contributed by atoms with E-state index in [1.54, 1.807) is 22.1 Å². The van der Waals surface area contributed by atoms with E-state index in [4.69, 9.17) is 0 Å². The van der Waals surface area contributed by atoms with E-state index in [2.05, 4.69) is 33.7 Å². The fourth-order valence-electron chi connectivity index (χ4n) is 4.13. The summed E-state index contributed by atoms with van der Waals surface area (Å²) in [5.74, 6) is -0.358. The molecule has 0 spiro atoms. The maximum atomic E-state index is 13.5. The maximum Gasteiger partial charge on any atom is 0.285 e. The molecule has 6 nitrogen and oxygen atoms in total. The van der Waals surface area contributed by atoms with E-state index in [1.807, 2.05) is 31.3 Å². The molecule has 3 aromatic heterocycles. The summed E-state index contributed by atoms with van der Waals surface area (Å²) in [6.07, 6.45) is 3.87. The van der Waals surface area contributed by atoms with Gasteiger partial charge in [-0.25, -0.2) is 4.39 Å². The van der Waals surface area contributed by atoms with Crippen LogP contribution < -0.4 is 0 Å². The minimum Gasteiger partial charge on any atom is -0.328 e. The largest absolute Gasteiger partial charge is 0.328 e. The number of amides is 1. The number of halogens is 1. The van der Waals surface area contributed by atoms with Gasteiger partial charge in [-0.05, 0) is 60.2 Å². The van der Waals surface area contributed by atoms with Gasteiger partial charge < -0.3 is 4.90 Å². The van der Waals surface area contributed by atoms with Crippen molar-refractivity contribution >= 4 is 28.6 Å². The van der Waals surface area contributed by atoms with Crippen molar-refractivity contribution in [3.63, 3.8) is 0 Å². The molecular weight excluding hydrogens is 433 g/mol. The van der Waals surface area contributed by atoms with Crippen LogP contribution in [0.2, 0.25) is 0 Å². The molecule has 0 unspecified atom stereocenters. The van der Waals surface area contributed by atoms with Gasteiger partial charge in [-0.15, -0.1) is 21.5 Å². The van der Waals surface area contributed by atoms with Gasteiger partial charge in [0.05, 0.1) is 12.2 Å². The third-order valence-electron chi connectivity index (χ3n) is 5.74. The minimum absolute atomic E-state index is 0.0460. The number of carbonyl (C=O) groups is 1. The number of fused-ring (bicyclic) bond motifs is 1. The Labute approximate surface area is 187 Å². The summed E-state index contributed by atoms with van der Waals surface area (Å²) >= 11 is 2.92. The number of rotatable bonds is 3. The number of nitrogens with zero attached hydrogens (tertiary/aromatic N) is 5. The van der Waals surface area contributed by atoms with Crippen LogP contribution in [0.5, 0.6) is 0 Å². The predicted molar refractivity (Wildman–Crippen MR) is 119 cm³/mol.